The van der Waals surface area contributed by atoms with Gasteiger partial charge in [0.2, 0.25) is 0 Å². The number of carbonyl (C=O) groups excluding carboxylic acids is 1. The summed E-state index contributed by atoms with van der Waals surface area (Å²) in [6.45, 7) is 0.874. The Morgan fingerprint density at radius 3 is 2.87 bits per heavy atom. The van der Waals surface area contributed by atoms with Gasteiger partial charge in [-0.1, -0.05) is 18.0 Å². The summed E-state index contributed by atoms with van der Waals surface area (Å²) in [5, 5.41) is 12.3. The molecule has 5 rings (SSSR count). The minimum absolute atomic E-state index is 0.239. The molecule has 4 aromatic rings. The van der Waals surface area contributed by atoms with Crippen LogP contribution in [0.15, 0.2) is 55.2 Å². The number of hydrogen-bond acceptors (Lipinski definition) is 5. The molecule has 0 atom stereocenters. The van der Waals surface area contributed by atoms with Crippen LogP contribution in [0.1, 0.15) is 35.4 Å². The van der Waals surface area contributed by atoms with E-state index in [9.17, 15) is 4.79 Å². The molecule has 9 heteroatoms. The van der Waals surface area contributed by atoms with Crippen LogP contribution in [0.3, 0.4) is 0 Å². The second-order valence-corrected chi connectivity index (χ2v) is 7.83. The molecule has 0 unspecified atom stereocenters. The first-order valence-electron chi connectivity index (χ1n) is 10.2. The molecular weight excluding hydrogens is 414 g/mol. The van der Waals surface area contributed by atoms with Crippen LogP contribution in [0.5, 0.6) is 0 Å². The lowest BCUT2D eigenvalue weighted by Crippen LogP contribution is -2.13. The van der Waals surface area contributed by atoms with Crippen LogP contribution in [0.4, 0.5) is 5.69 Å². The Morgan fingerprint density at radius 2 is 2.00 bits per heavy atom. The van der Waals surface area contributed by atoms with Crippen LogP contribution in [0.2, 0.25) is 5.02 Å². The minimum atomic E-state index is -0.239. The summed E-state index contributed by atoms with van der Waals surface area (Å²) in [6.07, 6.45) is 11.0. The average Bonchev–Trinajstić information content (AvgIpc) is 3.41. The van der Waals surface area contributed by atoms with Gasteiger partial charge in [-0.2, -0.15) is 0 Å². The van der Waals surface area contributed by atoms with E-state index in [1.54, 1.807) is 53.8 Å². The molecule has 156 valence electrons. The number of nitrogens with one attached hydrogen (secondary N) is 1. The molecule has 0 saturated carbocycles. The summed E-state index contributed by atoms with van der Waals surface area (Å²) in [5.41, 5.74) is 1.89. The number of imidazole rings is 1. The van der Waals surface area contributed by atoms with Crippen molar-refractivity contribution in [2.24, 2.45) is 0 Å². The van der Waals surface area contributed by atoms with Crippen molar-refractivity contribution in [1.29, 1.82) is 0 Å². The zero-order chi connectivity index (χ0) is 21.2. The fourth-order valence-corrected chi connectivity index (χ4v) is 3.96. The van der Waals surface area contributed by atoms with Crippen LogP contribution in [-0.2, 0) is 13.0 Å². The predicted octanol–water partition coefficient (Wildman–Crippen LogP) is 4.16. The van der Waals surface area contributed by atoms with Gasteiger partial charge in [0.05, 0.1) is 5.02 Å². The molecule has 1 aliphatic heterocycles. The number of aryl methyl sites for hydroxylation is 1. The number of hydrogen-bond donors (Lipinski definition) is 1. The molecular formula is C22H20ClN7O. The van der Waals surface area contributed by atoms with Gasteiger partial charge < -0.3 is 9.88 Å². The highest BCUT2D eigenvalue weighted by Crippen LogP contribution is 2.31. The van der Waals surface area contributed by atoms with Crippen molar-refractivity contribution in [3.63, 3.8) is 0 Å². The van der Waals surface area contributed by atoms with Gasteiger partial charge in [-0.05, 0) is 43.2 Å². The normalized spacial score (nSPS) is 13.5. The van der Waals surface area contributed by atoms with E-state index in [0.717, 1.165) is 43.0 Å². The number of nitrogens with zero attached hydrogens (tertiary/aromatic N) is 6. The van der Waals surface area contributed by atoms with E-state index >= 15 is 0 Å². The van der Waals surface area contributed by atoms with E-state index < -0.39 is 0 Å². The number of halogens is 1. The molecule has 1 aromatic carbocycles. The van der Waals surface area contributed by atoms with Gasteiger partial charge in [-0.3, -0.25) is 9.36 Å². The standard InChI is InChI=1S/C22H20ClN7O/c23-18-6-5-16(13-17(18)21-28-27-19-4-2-1-3-10-30(19)21)26-22(31)15-7-8-25-20(12-15)29-11-9-24-14-29/h5-9,11-14H,1-4,10H2,(H,26,31). The van der Waals surface area contributed by atoms with Crippen molar-refractivity contribution in [3.05, 3.63) is 71.7 Å². The maximum Gasteiger partial charge on any atom is 0.255 e. The van der Waals surface area contributed by atoms with E-state index in [4.69, 9.17) is 11.6 Å². The third-order valence-corrected chi connectivity index (χ3v) is 5.68. The summed E-state index contributed by atoms with van der Waals surface area (Å²) < 4.78 is 3.88. The van der Waals surface area contributed by atoms with Crippen LogP contribution in [0.25, 0.3) is 17.2 Å². The van der Waals surface area contributed by atoms with Gasteiger partial charge in [0, 0.05) is 48.4 Å². The van der Waals surface area contributed by atoms with Crippen LogP contribution < -0.4 is 5.32 Å². The van der Waals surface area contributed by atoms with Gasteiger partial charge in [-0.15, -0.1) is 10.2 Å². The Hall–Kier alpha value is -3.52. The lowest BCUT2D eigenvalue weighted by atomic mass is 10.1. The molecule has 1 aliphatic rings. The highest BCUT2D eigenvalue weighted by molar-refractivity contribution is 6.33. The Bertz CT molecular complexity index is 1230. The summed E-state index contributed by atoms with van der Waals surface area (Å²) in [5.74, 6) is 2.11. The number of anilines is 1. The smallest absolute Gasteiger partial charge is 0.255 e. The van der Waals surface area contributed by atoms with Gasteiger partial charge in [0.15, 0.2) is 5.82 Å². The van der Waals surface area contributed by atoms with E-state index in [0.29, 0.717) is 22.1 Å². The Kier molecular flexibility index (Phi) is 5.21. The van der Waals surface area contributed by atoms with Crippen molar-refractivity contribution in [3.8, 4) is 17.2 Å². The fourth-order valence-electron chi connectivity index (χ4n) is 3.76. The largest absolute Gasteiger partial charge is 0.322 e. The SMILES string of the molecule is O=C(Nc1ccc(Cl)c(-c2nnc3n2CCCCC3)c1)c1ccnc(-n2ccnc2)c1. The van der Waals surface area contributed by atoms with E-state index in [2.05, 4.69) is 30.0 Å². The van der Waals surface area contributed by atoms with E-state index in [1.807, 2.05) is 6.07 Å². The first kappa shape index (κ1) is 19.4. The Morgan fingerprint density at radius 1 is 1.06 bits per heavy atom. The maximum atomic E-state index is 12.9. The van der Waals surface area contributed by atoms with Crippen LogP contribution in [0, 0.1) is 0 Å². The second-order valence-electron chi connectivity index (χ2n) is 7.42. The minimum Gasteiger partial charge on any atom is -0.322 e. The lowest BCUT2D eigenvalue weighted by molar-refractivity contribution is 0.102. The Balaban J connectivity index is 1.42. The number of pyridine rings is 1. The molecule has 4 heterocycles. The third kappa shape index (κ3) is 3.94. The van der Waals surface area contributed by atoms with E-state index in [1.165, 1.54) is 6.42 Å². The molecule has 31 heavy (non-hydrogen) atoms. The van der Waals surface area contributed by atoms with E-state index in [-0.39, 0.29) is 5.91 Å². The topological polar surface area (TPSA) is 90.5 Å². The molecule has 0 radical (unpaired) electrons. The summed E-state index contributed by atoms with van der Waals surface area (Å²) >= 11 is 6.49. The summed E-state index contributed by atoms with van der Waals surface area (Å²) in [6, 6.07) is 8.79. The van der Waals surface area contributed by atoms with Gasteiger partial charge in [-0.25, -0.2) is 9.97 Å². The first-order valence-corrected chi connectivity index (χ1v) is 10.5. The maximum absolute atomic E-state index is 12.9. The molecule has 0 saturated heterocycles. The molecule has 3 aromatic heterocycles. The number of amides is 1. The van der Waals surface area contributed by atoms with Crippen LogP contribution in [-0.4, -0.2) is 35.2 Å². The van der Waals surface area contributed by atoms with Gasteiger partial charge in [0.25, 0.3) is 5.91 Å². The lowest BCUT2D eigenvalue weighted by Gasteiger charge is -2.11. The predicted molar refractivity (Wildman–Crippen MR) is 117 cm³/mol. The number of aromatic nitrogens is 6. The van der Waals surface area contributed by atoms with Crippen molar-refractivity contribution < 1.29 is 4.79 Å². The molecule has 0 fully saturated rings. The van der Waals surface area contributed by atoms with Gasteiger partial charge >= 0.3 is 0 Å². The molecule has 1 N–H and O–H groups in total. The number of rotatable bonds is 4. The summed E-state index contributed by atoms with van der Waals surface area (Å²) in [7, 11) is 0. The quantitative estimate of drug-likeness (QED) is 0.522. The van der Waals surface area contributed by atoms with Crippen molar-refractivity contribution in [1.82, 2.24) is 29.3 Å². The number of fused-ring (bicyclic) bond motifs is 1. The highest BCUT2D eigenvalue weighted by Gasteiger charge is 2.19. The number of benzene rings is 1. The van der Waals surface area contributed by atoms with Crippen molar-refractivity contribution in [2.45, 2.75) is 32.2 Å². The number of carbonyl (C=O) groups is 1. The fraction of sp³-hybridized carbons (Fsp3) is 0.227. The molecule has 1 amide bonds. The molecule has 0 aliphatic carbocycles. The van der Waals surface area contributed by atoms with Crippen molar-refractivity contribution in [2.75, 3.05) is 5.32 Å². The Labute approximate surface area is 183 Å². The van der Waals surface area contributed by atoms with Gasteiger partial charge in [0.1, 0.15) is 18.0 Å². The zero-order valence-corrected chi connectivity index (χ0v) is 17.5. The summed E-state index contributed by atoms with van der Waals surface area (Å²) in [4.78, 5) is 21.2. The first-order chi connectivity index (χ1) is 15.2. The second kappa shape index (κ2) is 8.31. The molecule has 0 spiro atoms. The molecule has 8 nitrogen and oxygen atoms in total. The third-order valence-electron chi connectivity index (χ3n) is 5.35. The highest BCUT2D eigenvalue weighted by atomic mass is 35.5. The zero-order valence-electron chi connectivity index (χ0n) is 16.7. The van der Waals surface area contributed by atoms with Crippen LogP contribution >= 0.6 is 11.6 Å². The molecule has 0 bridgehead atoms. The average molecular weight is 434 g/mol. The monoisotopic (exact) mass is 433 g/mol. The van der Waals surface area contributed by atoms with Crippen molar-refractivity contribution >= 4 is 23.2 Å².